The summed E-state index contributed by atoms with van der Waals surface area (Å²) in [5, 5.41) is 4.72. The van der Waals surface area contributed by atoms with E-state index in [4.69, 9.17) is 5.10 Å². The molecule has 0 N–H and O–H groups in total. The van der Waals surface area contributed by atoms with Gasteiger partial charge in [-0.25, -0.2) is 0 Å². The summed E-state index contributed by atoms with van der Waals surface area (Å²) in [6.45, 7) is 21.7. The molecule has 0 bridgehead atoms. The average molecular weight is 342 g/mol. The van der Waals surface area contributed by atoms with E-state index in [9.17, 15) is 0 Å². The fourth-order valence-electron chi connectivity index (χ4n) is 3.39. The molecule has 0 unspecified atom stereocenters. The molecule has 0 atom stereocenters. The van der Waals surface area contributed by atoms with E-state index in [0.717, 1.165) is 0 Å². The summed E-state index contributed by atoms with van der Waals surface area (Å²) in [5.41, 5.74) is 1.40. The Hall–Kier alpha value is -0.339. The molecule has 0 aliphatic carbocycles. The van der Waals surface area contributed by atoms with Crippen molar-refractivity contribution >= 4 is 30.4 Å². The van der Waals surface area contributed by atoms with Gasteiger partial charge >= 0.3 is 0 Å². The second-order valence-electron chi connectivity index (χ2n) is 8.11. The molecular weight excluding hydrogens is 306 g/mol. The van der Waals surface area contributed by atoms with Gasteiger partial charge in [0.15, 0.2) is 8.24 Å². The summed E-state index contributed by atoms with van der Waals surface area (Å²) < 4.78 is 5.15. The lowest BCUT2D eigenvalue weighted by atomic mass is 10.6. The van der Waals surface area contributed by atoms with E-state index in [2.05, 4.69) is 81.0 Å². The average Bonchev–Trinajstić information content (AvgIpc) is 2.83. The largest absolute Gasteiger partial charge is 0.422 e. The van der Waals surface area contributed by atoms with Crippen LogP contribution in [0.5, 0.6) is 0 Å². The van der Waals surface area contributed by atoms with E-state index in [-0.39, 0.29) is 0 Å². The SMILES string of the molecule is CC[Si](CC)(CC)N(c1cnn([Si](C)(C)C)c1)[Si](C)(C)C. The number of hydrogen-bond donors (Lipinski definition) is 0. The fourth-order valence-corrected chi connectivity index (χ4v) is 15.4. The highest BCUT2D eigenvalue weighted by atomic mass is 28.4. The van der Waals surface area contributed by atoms with Gasteiger partial charge in [0.25, 0.3) is 0 Å². The van der Waals surface area contributed by atoms with Crippen molar-refractivity contribution in [1.82, 2.24) is 9.45 Å². The van der Waals surface area contributed by atoms with Crippen molar-refractivity contribution in [2.24, 2.45) is 0 Å². The van der Waals surface area contributed by atoms with Crippen LogP contribution in [0.1, 0.15) is 20.8 Å². The highest BCUT2D eigenvalue weighted by molar-refractivity contribution is 7.00. The van der Waals surface area contributed by atoms with Crippen molar-refractivity contribution in [3.63, 3.8) is 0 Å². The first kappa shape index (κ1) is 18.7. The molecule has 1 heterocycles. The Bertz CT molecular complexity index is 445. The minimum absolute atomic E-state index is 1.34. The van der Waals surface area contributed by atoms with Crippen LogP contribution in [0.4, 0.5) is 5.69 Å². The van der Waals surface area contributed by atoms with Crippen LogP contribution in [0.25, 0.3) is 0 Å². The Morgan fingerprint density at radius 2 is 1.43 bits per heavy atom. The van der Waals surface area contributed by atoms with Crippen LogP contribution in [0, 0.1) is 0 Å². The van der Waals surface area contributed by atoms with Crippen LogP contribution < -0.4 is 4.23 Å². The normalized spacial score (nSPS) is 13.6. The van der Waals surface area contributed by atoms with Crippen LogP contribution in [0.15, 0.2) is 12.4 Å². The minimum atomic E-state index is -1.41. The monoisotopic (exact) mass is 341 g/mol. The first-order chi connectivity index (χ1) is 9.51. The van der Waals surface area contributed by atoms with E-state index in [1.54, 1.807) is 0 Å². The zero-order chi connectivity index (χ0) is 16.5. The van der Waals surface area contributed by atoms with Crippen molar-refractivity contribution in [1.29, 1.82) is 0 Å². The van der Waals surface area contributed by atoms with Gasteiger partial charge in [0.05, 0.1) is 11.9 Å². The molecule has 6 heteroatoms. The van der Waals surface area contributed by atoms with Gasteiger partial charge in [-0.15, -0.1) is 0 Å². The second kappa shape index (κ2) is 6.42. The predicted octanol–water partition coefficient (Wildman–Crippen LogP) is 5.21. The Labute approximate surface area is 135 Å². The molecule has 1 aromatic heterocycles. The Balaban J connectivity index is 3.37. The van der Waals surface area contributed by atoms with Gasteiger partial charge in [-0.3, -0.25) is 4.35 Å². The van der Waals surface area contributed by atoms with Gasteiger partial charge < -0.3 is 4.23 Å². The molecular formula is C15H35N3Si3. The number of rotatable bonds is 7. The van der Waals surface area contributed by atoms with Crippen molar-refractivity contribution in [3.05, 3.63) is 12.4 Å². The summed E-state index contributed by atoms with van der Waals surface area (Å²) in [6.07, 6.45) is 4.48. The maximum Gasteiger partial charge on any atom is 0.176 e. The molecule has 0 aromatic carbocycles. The molecule has 1 rings (SSSR count). The number of nitrogens with zero attached hydrogens (tertiary/aromatic N) is 3. The molecule has 0 saturated carbocycles. The van der Waals surface area contributed by atoms with E-state index < -0.39 is 24.7 Å². The van der Waals surface area contributed by atoms with Crippen LogP contribution >= 0.6 is 0 Å². The van der Waals surface area contributed by atoms with Crippen molar-refractivity contribution in [2.75, 3.05) is 4.23 Å². The van der Waals surface area contributed by atoms with E-state index in [0.29, 0.717) is 0 Å². The van der Waals surface area contributed by atoms with Gasteiger partial charge in [-0.1, -0.05) is 40.4 Å². The molecule has 0 fully saturated rings. The van der Waals surface area contributed by atoms with Crippen LogP contribution in [0.2, 0.25) is 57.4 Å². The van der Waals surface area contributed by atoms with Gasteiger partial charge in [0.2, 0.25) is 0 Å². The molecule has 0 saturated heterocycles. The van der Waals surface area contributed by atoms with Crippen LogP contribution in [0.3, 0.4) is 0 Å². The van der Waals surface area contributed by atoms with E-state index in [1.165, 1.54) is 23.8 Å². The Kier molecular flexibility index (Phi) is 5.72. The first-order valence-electron chi connectivity index (χ1n) is 8.37. The van der Waals surface area contributed by atoms with Crippen molar-refractivity contribution in [2.45, 2.75) is 78.2 Å². The van der Waals surface area contributed by atoms with Gasteiger partial charge in [0.1, 0.15) is 16.5 Å². The smallest absolute Gasteiger partial charge is 0.176 e. The summed E-state index contributed by atoms with van der Waals surface area (Å²) in [7, 11) is -4.22. The highest BCUT2D eigenvalue weighted by Gasteiger charge is 2.42. The maximum atomic E-state index is 4.72. The topological polar surface area (TPSA) is 21.1 Å². The van der Waals surface area contributed by atoms with Crippen LogP contribution in [-0.4, -0.2) is 34.2 Å². The summed E-state index contributed by atoms with van der Waals surface area (Å²) in [4.78, 5) is 0. The second-order valence-corrected chi connectivity index (χ2v) is 23.2. The number of anilines is 1. The minimum Gasteiger partial charge on any atom is -0.422 e. The van der Waals surface area contributed by atoms with Crippen LogP contribution in [-0.2, 0) is 0 Å². The number of aromatic nitrogens is 2. The lowest BCUT2D eigenvalue weighted by Gasteiger charge is -2.49. The molecule has 21 heavy (non-hydrogen) atoms. The zero-order valence-corrected chi connectivity index (χ0v) is 18.6. The third kappa shape index (κ3) is 3.90. The summed E-state index contributed by atoms with van der Waals surface area (Å²) >= 11 is 0. The summed E-state index contributed by atoms with van der Waals surface area (Å²) in [6, 6.07) is 4.01. The van der Waals surface area contributed by atoms with Gasteiger partial charge in [0, 0.05) is 6.20 Å². The molecule has 0 spiro atoms. The quantitative estimate of drug-likeness (QED) is 0.634. The Morgan fingerprint density at radius 1 is 0.952 bits per heavy atom. The zero-order valence-electron chi connectivity index (χ0n) is 15.6. The molecule has 122 valence electrons. The fraction of sp³-hybridized carbons (Fsp3) is 0.800. The van der Waals surface area contributed by atoms with Crippen molar-refractivity contribution < 1.29 is 0 Å². The highest BCUT2D eigenvalue weighted by Crippen LogP contribution is 2.35. The summed E-state index contributed by atoms with van der Waals surface area (Å²) in [5.74, 6) is 0. The third-order valence-electron chi connectivity index (χ3n) is 4.63. The standard InChI is InChI=1S/C15H35N3Si3/c1-10-21(11-2,12-3)18(20(7,8)9)15-13-16-17(14-15)19(4,5)6/h13-14H,10-12H2,1-9H3. The molecule has 0 aliphatic heterocycles. The lowest BCUT2D eigenvalue weighted by molar-refractivity contribution is 0.934. The van der Waals surface area contributed by atoms with Gasteiger partial charge in [-0.05, 0) is 37.8 Å². The molecule has 1 aromatic rings. The third-order valence-corrected chi connectivity index (χ3v) is 16.4. The maximum absolute atomic E-state index is 4.72. The predicted molar refractivity (Wildman–Crippen MR) is 104 cm³/mol. The number of hydrogen-bond acceptors (Lipinski definition) is 2. The molecule has 0 radical (unpaired) electrons. The van der Waals surface area contributed by atoms with E-state index >= 15 is 0 Å². The van der Waals surface area contributed by atoms with Gasteiger partial charge in [-0.2, -0.15) is 5.10 Å². The lowest BCUT2D eigenvalue weighted by Crippen LogP contribution is -2.63. The van der Waals surface area contributed by atoms with Crippen molar-refractivity contribution in [3.8, 4) is 0 Å². The Morgan fingerprint density at radius 3 is 1.71 bits per heavy atom. The molecule has 0 amide bonds. The van der Waals surface area contributed by atoms with E-state index in [1.807, 2.05) is 0 Å². The molecule has 0 aliphatic rings. The molecule has 3 nitrogen and oxygen atoms in total. The first-order valence-corrected chi connectivity index (χ1v) is 17.8.